The van der Waals surface area contributed by atoms with Gasteiger partial charge in [-0.2, -0.15) is 0 Å². The van der Waals surface area contributed by atoms with Crippen molar-refractivity contribution in [2.45, 2.75) is 20.8 Å². The van der Waals surface area contributed by atoms with Crippen molar-refractivity contribution in [3.8, 4) is 28.2 Å². The predicted molar refractivity (Wildman–Crippen MR) is 163 cm³/mol. The highest BCUT2D eigenvalue weighted by molar-refractivity contribution is 6.14. The molecule has 38 heavy (non-hydrogen) atoms. The van der Waals surface area contributed by atoms with Crippen molar-refractivity contribution in [3.63, 3.8) is 0 Å². The lowest BCUT2D eigenvalue weighted by Crippen LogP contribution is -2.00. The lowest BCUT2D eigenvalue weighted by molar-refractivity contribution is 1.10. The minimum Gasteiger partial charge on any atom is -0.308 e. The van der Waals surface area contributed by atoms with E-state index in [2.05, 4.69) is 147 Å². The second-order valence-electron chi connectivity index (χ2n) is 10.4. The van der Waals surface area contributed by atoms with E-state index in [9.17, 15) is 0 Å². The van der Waals surface area contributed by atoms with E-state index in [4.69, 9.17) is 0 Å². The van der Waals surface area contributed by atoms with Crippen LogP contribution in [0.1, 0.15) is 16.7 Å². The van der Waals surface area contributed by atoms with Crippen LogP contribution in [0.5, 0.6) is 0 Å². The first kappa shape index (κ1) is 22.6. The van der Waals surface area contributed by atoms with E-state index in [1.807, 2.05) is 0 Å². The van der Waals surface area contributed by atoms with E-state index in [1.54, 1.807) is 0 Å². The average Bonchev–Trinajstić information content (AvgIpc) is 3.26. The zero-order chi connectivity index (χ0) is 25.8. The normalized spacial score (nSPS) is 11.6. The molecule has 1 heteroatoms. The fourth-order valence-electron chi connectivity index (χ4n) is 5.91. The molecule has 0 bridgehead atoms. The Morgan fingerprint density at radius 1 is 0.421 bits per heavy atom. The first-order valence-corrected chi connectivity index (χ1v) is 13.3. The van der Waals surface area contributed by atoms with Gasteiger partial charge in [-0.3, -0.25) is 0 Å². The fourth-order valence-corrected chi connectivity index (χ4v) is 5.91. The third kappa shape index (κ3) is 3.47. The van der Waals surface area contributed by atoms with Gasteiger partial charge in [-0.15, -0.1) is 0 Å². The first-order chi connectivity index (χ1) is 18.6. The number of fused-ring (bicyclic) bond motifs is 3. The summed E-state index contributed by atoms with van der Waals surface area (Å²) in [6, 6.07) is 44.6. The molecule has 0 aliphatic heterocycles. The number of nitrogens with zero attached hydrogens (tertiary/aromatic N) is 1. The minimum atomic E-state index is 1.17. The van der Waals surface area contributed by atoms with Gasteiger partial charge in [-0.25, -0.2) is 0 Å². The van der Waals surface area contributed by atoms with E-state index in [0.717, 1.165) is 0 Å². The van der Waals surface area contributed by atoms with Crippen LogP contribution in [0.15, 0.2) is 121 Å². The first-order valence-electron chi connectivity index (χ1n) is 13.3. The van der Waals surface area contributed by atoms with Crippen molar-refractivity contribution in [3.05, 3.63) is 138 Å². The number of aromatic nitrogens is 1. The van der Waals surface area contributed by atoms with Gasteiger partial charge in [0.15, 0.2) is 0 Å². The summed E-state index contributed by atoms with van der Waals surface area (Å²) in [5.41, 5.74) is 10.0. The minimum absolute atomic E-state index is 1.17. The molecular weight excluding hydrogens is 458 g/mol. The summed E-state index contributed by atoms with van der Waals surface area (Å²) in [6.07, 6.45) is 0. The highest BCUT2D eigenvalue weighted by Gasteiger charge is 2.23. The molecule has 0 radical (unpaired) electrons. The molecule has 0 unspecified atom stereocenters. The summed E-state index contributed by atoms with van der Waals surface area (Å²) in [4.78, 5) is 0. The Balaban J connectivity index is 1.73. The number of hydrogen-bond donors (Lipinski definition) is 0. The van der Waals surface area contributed by atoms with E-state index in [-0.39, 0.29) is 0 Å². The largest absolute Gasteiger partial charge is 0.308 e. The molecule has 1 aromatic heterocycles. The molecular formula is C37H29N. The van der Waals surface area contributed by atoms with Gasteiger partial charge in [-0.05, 0) is 77.7 Å². The Kier molecular flexibility index (Phi) is 5.19. The molecule has 0 atom stereocenters. The van der Waals surface area contributed by atoms with Gasteiger partial charge >= 0.3 is 0 Å². The van der Waals surface area contributed by atoms with Gasteiger partial charge in [0.05, 0.1) is 11.4 Å². The van der Waals surface area contributed by atoms with Gasteiger partial charge in [0.25, 0.3) is 0 Å². The zero-order valence-electron chi connectivity index (χ0n) is 22.0. The average molecular weight is 488 g/mol. The molecule has 7 aromatic rings. The molecule has 1 heterocycles. The van der Waals surface area contributed by atoms with E-state index in [0.29, 0.717) is 0 Å². The maximum absolute atomic E-state index is 2.51. The van der Waals surface area contributed by atoms with E-state index < -0.39 is 0 Å². The molecule has 0 saturated heterocycles. The molecule has 7 rings (SSSR count). The highest BCUT2D eigenvalue weighted by atomic mass is 15.0. The van der Waals surface area contributed by atoms with Crippen LogP contribution in [-0.4, -0.2) is 4.57 Å². The van der Waals surface area contributed by atoms with Crippen molar-refractivity contribution in [1.82, 2.24) is 4.57 Å². The predicted octanol–water partition coefficient (Wildman–Crippen LogP) is 10.2. The monoisotopic (exact) mass is 487 g/mol. The summed E-state index contributed by atoms with van der Waals surface area (Å²) in [5, 5.41) is 7.62. The third-order valence-electron chi connectivity index (χ3n) is 7.97. The number of hydrogen-bond acceptors (Lipinski definition) is 0. The standard InChI is InChI=1S/C37H29N/c1-24-18-20-29(21-19-24)38-36(32-16-8-12-27-10-4-6-14-30(27)32)34-22-25(2)26(3)23-35(34)37(38)33-17-9-13-28-11-5-7-15-31(28)33/h4-23H,1-3H3. The maximum Gasteiger partial charge on any atom is 0.0620 e. The van der Waals surface area contributed by atoms with Crippen LogP contribution in [0, 0.1) is 20.8 Å². The SMILES string of the molecule is Cc1ccc(-n2c(-c3cccc4ccccc34)c3cc(C)c(C)cc3c2-c2cccc3ccccc23)cc1. The quantitative estimate of drug-likeness (QED) is 0.234. The Hall–Kier alpha value is -4.62. The molecule has 0 N–H and O–H groups in total. The van der Waals surface area contributed by atoms with Gasteiger partial charge < -0.3 is 4.57 Å². The lowest BCUT2D eigenvalue weighted by Gasteiger charge is -2.17. The number of benzene rings is 6. The molecule has 182 valence electrons. The zero-order valence-corrected chi connectivity index (χ0v) is 22.0. The summed E-state index contributed by atoms with van der Waals surface area (Å²) < 4.78 is 2.51. The molecule has 6 aromatic carbocycles. The van der Waals surface area contributed by atoms with Crippen LogP contribution in [-0.2, 0) is 0 Å². The Morgan fingerprint density at radius 3 is 1.37 bits per heavy atom. The molecule has 0 amide bonds. The van der Waals surface area contributed by atoms with Crippen molar-refractivity contribution >= 4 is 32.3 Å². The van der Waals surface area contributed by atoms with Gasteiger partial charge in [0.2, 0.25) is 0 Å². The molecule has 0 saturated carbocycles. The lowest BCUT2D eigenvalue weighted by atomic mass is 9.96. The van der Waals surface area contributed by atoms with Crippen LogP contribution < -0.4 is 0 Å². The smallest absolute Gasteiger partial charge is 0.0620 e. The van der Waals surface area contributed by atoms with E-state index in [1.165, 1.54) is 77.2 Å². The van der Waals surface area contributed by atoms with Crippen LogP contribution in [0.25, 0.3) is 60.5 Å². The van der Waals surface area contributed by atoms with Crippen LogP contribution >= 0.6 is 0 Å². The Bertz CT molecular complexity index is 1850. The molecule has 1 nitrogen and oxygen atoms in total. The topological polar surface area (TPSA) is 4.93 Å². The van der Waals surface area contributed by atoms with Gasteiger partial charge in [0.1, 0.15) is 0 Å². The van der Waals surface area contributed by atoms with Crippen molar-refractivity contribution in [2.24, 2.45) is 0 Å². The number of rotatable bonds is 3. The fraction of sp³-hybridized carbons (Fsp3) is 0.0811. The van der Waals surface area contributed by atoms with Crippen molar-refractivity contribution in [1.29, 1.82) is 0 Å². The second kappa shape index (κ2) is 8.75. The van der Waals surface area contributed by atoms with Crippen molar-refractivity contribution in [2.75, 3.05) is 0 Å². The van der Waals surface area contributed by atoms with Crippen molar-refractivity contribution < 1.29 is 0 Å². The summed E-state index contributed by atoms with van der Waals surface area (Å²) in [7, 11) is 0. The molecule has 0 aliphatic rings. The van der Waals surface area contributed by atoms with E-state index >= 15 is 0 Å². The van der Waals surface area contributed by atoms with Gasteiger partial charge in [-0.1, -0.05) is 103 Å². The molecule has 0 aliphatic carbocycles. The summed E-state index contributed by atoms with van der Waals surface area (Å²) in [5.74, 6) is 0. The molecule has 0 fully saturated rings. The maximum atomic E-state index is 2.51. The second-order valence-corrected chi connectivity index (χ2v) is 10.4. The Morgan fingerprint density at radius 2 is 0.868 bits per heavy atom. The van der Waals surface area contributed by atoms with Crippen LogP contribution in [0.2, 0.25) is 0 Å². The number of aryl methyl sites for hydroxylation is 3. The van der Waals surface area contributed by atoms with Crippen LogP contribution in [0.3, 0.4) is 0 Å². The molecule has 0 spiro atoms. The Labute approximate surface area is 223 Å². The third-order valence-corrected chi connectivity index (χ3v) is 7.97. The summed E-state index contributed by atoms with van der Waals surface area (Å²) >= 11 is 0. The van der Waals surface area contributed by atoms with Gasteiger partial charge in [0, 0.05) is 27.6 Å². The van der Waals surface area contributed by atoms with Crippen LogP contribution in [0.4, 0.5) is 0 Å². The summed E-state index contributed by atoms with van der Waals surface area (Å²) in [6.45, 7) is 6.60. The highest BCUT2D eigenvalue weighted by Crippen LogP contribution is 2.45.